The molecule has 3 heterocycles. The number of benzene rings is 1. The van der Waals surface area contributed by atoms with E-state index >= 15 is 0 Å². The lowest BCUT2D eigenvalue weighted by molar-refractivity contribution is 0.414. The molecule has 1 aliphatic carbocycles. The van der Waals surface area contributed by atoms with E-state index in [1.807, 2.05) is 31.3 Å². The Kier molecular flexibility index (Phi) is 3.46. The van der Waals surface area contributed by atoms with E-state index in [4.69, 9.17) is 8.85 Å². The van der Waals surface area contributed by atoms with Crippen molar-refractivity contribution in [3.8, 4) is 22.6 Å². The van der Waals surface area contributed by atoms with Crippen LogP contribution in [-0.4, -0.2) is 26.4 Å². The molecule has 0 spiro atoms. The zero-order valence-corrected chi connectivity index (χ0v) is 16.0. The minimum Gasteiger partial charge on any atom is -0.497 e. The Labute approximate surface area is 172 Å². The fraction of sp³-hybridized carbons (Fsp3) is 0.261. The standard InChI is InChI=1S/C23H22N4O2/c1-15-3-6-17(13-24-15)21-22-20(11-12-26(22)14-16-4-5-16)25-27(23(21)28)18-7-9-19(29-2)10-8-18/h3,6-13,16H,4-5,14H2,1-2H3/i2D3. The van der Waals surface area contributed by atoms with Gasteiger partial charge < -0.3 is 9.30 Å². The molecule has 6 heteroatoms. The highest BCUT2D eigenvalue weighted by atomic mass is 16.5. The summed E-state index contributed by atoms with van der Waals surface area (Å²) in [6.45, 7) is 2.77. The lowest BCUT2D eigenvalue weighted by Gasteiger charge is -2.12. The second-order valence-corrected chi connectivity index (χ2v) is 7.52. The topological polar surface area (TPSA) is 61.9 Å². The fourth-order valence-corrected chi connectivity index (χ4v) is 3.61. The first-order valence-electron chi connectivity index (χ1n) is 11.1. The molecule has 0 N–H and O–H groups in total. The number of aryl methyl sites for hydroxylation is 1. The molecular weight excluding hydrogens is 364 g/mol. The largest absolute Gasteiger partial charge is 0.497 e. The lowest BCUT2D eigenvalue weighted by Crippen LogP contribution is -2.24. The molecule has 1 fully saturated rings. The van der Waals surface area contributed by atoms with Crippen LogP contribution in [0.1, 0.15) is 22.6 Å². The number of fused-ring (bicyclic) bond motifs is 1. The average molecular weight is 389 g/mol. The minimum absolute atomic E-state index is 0.196. The number of nitrogens with zero attached hydrogens (tertiary/aromatic N) is 4. The molecule has 0 saturated heterocycles. The first kappa shape index (κ1) is 14.6. The predicted molar refractivity (Wildman–Crippen MR) is 113 cm³/mol. The Morgan fingerprint density at radius 2 is 2.00 bits per heavy atom. The highest BCUT2D eigenvalue weighted by Gasteiger charge is 2.24. The summed E-state index contributed by atoms with van der Waals surface area (Å²) in [5.74, 6) is 0.837. The van der Waals surface area contributed by atoms with Gasteiger partial charge in [0.15, 0.2) is 0 Å². The molecule has 5 rings (SSSR count). The van der Waals surface area contributed by atoms with Crippen molar-refractivity contribution in [2.45, 2.75) is 26.3 Å². The van der Waals surface area contributed by atoms with Crippen molar-refractivity contribution in [2.24, 2.45) is 5.92 Å². The van der Waals surface area contributed by atoms with E-state index in [1.54, 1.807) is 18.3 Å². The van der Waals surface area contributed by atoms with Crippen LogP contribution in [0.25, 0.3) is 27.8 Å². The number of hydrogen-bond acceptors (Lipinski definition) is 4. The molecule has 6 nitrogen and oxygen atoms in total. The van der Waals surface area contributed by atoms with Crippen LogP contribution in [0.15, 0.2) is 59.7 Å². The smallest absolute Gasteiger partial charge is 0.281 e. The summed E-state index contributed by atoms with van der Waals surface area (Å²) in [4.78, 5) is 18.1. The van der Waals surface area contributed by atoms with Crippen LogP contribution in [0, 0.1) is 12.8 Å². The van der Waals surface area contributed by atoms with Crippen molar-refractivity contribution in [2.75, 3.05) is 7.04 Å². The Morgan fingerprint density at radius 1 is 1.17 bits per heavy atom. The molecule has 4 aromatic rings. The van der Waals surface area contributed by atoms with Crippen LogP contribution in [0.5, 0.6) is 5.75 Å². The molecule has 0 unspecified atom stereocenters. The van der Waals surface area contributed by atoms with E-state index in [1.165, 1.54) is 29.7 Å². The van der Waals surface area contributed by atoms with Crippen molar-refractivity contribution in [1.82, 2.24) is 19.3 Å². The maximum atomic E-state index is 13.7. The van der Waals surface area contributed by atoms with Crippen molar-refractivity contribution >= 4 is 11.0 Å². The van der Waals surface area contributed by atoms with Crippen LogP contribution in [0.3, 0.4) is 0 Å². The monoisotopic (exact) mass is 389 g/mol. The summed E-state index contributed by atoms with van der Waals surface area (Å²) in [5.41, 5.74) is 3.94. The number of aromatic nitrogens is 4. The van der Waals surface area contributed by atoms with Gasteiger partial charge in [0.2, 0.25) is 0 Å². The van der Waals surface area contributed by atoms with E-state index in [9.17, 15) is 4.79 Å². The highest BCUT2D eigenvalue weighted by Crippen LogP contribution is 2.33. The second kappa shape index (κ2) is 6.88. The van der Waals surface area contributed by atoms with E-state index in [0.717, 1.165) is 23.3 Å². The number of ether oxygens (including phenoxy) is 1. The number of pyridine rings is 1. The van der Waals surface area contributed by atoms with Crippen molar-refractivity contribution in [1.29, 1.82) is 0 Å². The first-order chi connectivity index (χ1) is 15.3. The van der Waals surface area contributed by atoms with Crippen LogP contribution < -0.4 is 10.3 Å². The lowest BCUT2D eigenvalue weighted by atomic mass is 10.1. The number of hydrogen-bond donors (Lipinski definition) is 0. The van der Waals surface area contributed by atoms with Crippen LogP contribution in [-0.2, 0) is 6.54 Å². The normalized spacial score (nSPS) is 15.7. The predicted octanol–water partition coefficient (Wildman–Crippen LogP) is 3.98. The van der Waals surface area contributed by atoms with E-state index in [-0.39, 0.29) is 11.3 Å². The third kappa shape index (κ3) is 3.20. The molecule has 3 aromatic heterocycles. The molecule has 0 aliphatic heterocycles. The van der Waals surface area contributed by atoms with Crippen molar-refractivity contribution < 1.29 is 8.85 Å². The van der Waals surface area contributed by atoms with E-state index < -0.39 is 7.04 Å². The number of methoxy groups -OCH3 is 1. The quantitative estimate of drug-likeness (QED) is 0.518. The average Bonchev–Trinajstić information content (AvgIpc) is 3.47. The zero-order chi connectivity index (χ0) is 22.5. The Bertz CT molecular complexity index is 1340. The molecule has 1 aromatic carbocycles. The van der Waals surface area contributed by atoms with Gasteiger partial charge in [-0.05, 0) is 62.1 Å². The van der Waals surface area contributed by atoms with Gasteiger partial charge in [0.25, 0.3) is 5.56 Å². The van der Waals surface area contributed by atoms with E-state index in [2.05, 4.69) is 14.6 Å². The Balaban J connectivity index is 1.67. The summed E-state index contributed by atoms with van der Waals surface area (Å²) < 4.78 is 30.1. The Morgan fingerprint density at radius 3 is 2.69 bits per heavy atom. The van der Waals surface area contributed by atoms with Crippen molar-refractivity contribution in [3.05, 3.63) is 70.9 Å². The van der Waals surface area contributed by atoms with Gasteiger partial charge in [-0.2, -0.15) is 9.78 Å². The molecular formula is C23H22N4O2. The molecule has 0 radical (unpaired) electrons. The van der Waals surface area contributed by atoms with E-state index in [0.29, 0.717) is 22.7 Å². The SMILES string of the molecule is [2H]C([2H])([2H])Oc1ccc(-n2nc3ccn(CC4CC4)c3c(-c3ccc(C)nc3)c2=O)cc1. The van der Waals surface area contributed by atoms with Crippen LogP contribution >= 0.6 is 0 Å². The molecule has 0 amide bonds. The summed E-state index contributed by atoms with van der Waals surface area (Å²) in [5, 5.41) is 4.61. The van der Waals surface area contributed by atoms with Gasteiger partial charge >= 0.3 is 0 Å². The van der Waals surface area contributed by atoms with Crippen LogP contribution in [0.4, 0.5) is 0 Å². The summed E-state index contributed by atoms with van der Waals surface area (Å²) in [7, 11) is -2.54. The minimum atomic E-state index is -2.54. The number of rotatable bonds is 5. The van der Waals surface area contributed by atoms with Gasteiger partial charge in [-0.1, -0.05) is 6.07 Å². The third-order valence-corrected chi connectivity index (χ3v) is 5.34. The summed E-state index contributed by atoms with van der Waals surface area (Å²) in [6, 6.07) is 12.0. The molecule has 1 aliphatic rings. The second-order valence-electron chi connectivity index (χ2n) is 7.52. The molecule has 0 atom stereocenters. The van der Waals surface area contributed by atoms with Gasteiger partial charge in [0.05, 0.1) is 27.9 Å². The maximum absolute atomic E-state index is 13.7. The zero-order valence-electron chi connectivity index (χ0n) is 19.0. The molecule has 29 heavy (non-hydrogen) atoms. The first-order valence-corrected chi connectivity index (χ1v) is 9.63. The fourth-order valence-electron chi connectivity index (χ4n) is 3.61. The highest BCUT2D eigenvalue weighted by molar-refractivity contribution is 5.91. The van der Waals surface area contributed by atoms with Crippen molar-refractivity contribution in [3.63, 3.8) is 0 Å². The maximum Gasteiger partial charge on any atom is 0.281 e. The molecule has 1 saturated carbocycles. The van der Waals surface area contributed by atoms with Gasteiger partial charge in [0.1, 0.15) is 11.3 Å². The third-order valence-electron chi connectivity index (χ3n) is 5.34. The summed E-state index contributed by atoms with van der Waals surface area (Å²) >= 11 is 0. The van der Waals surface area contributed by atoms with Gasteiger partial charge in [-0.25, -0.2) is 0 Å². The van der Waals surface area contributed by atoms with Gasteiger partial charge in [-0.3, -0.25) is 9.78 Å². The van der Waals surface area contributed by atoms with Gasteiger partial charge in [0, 0.05) is 30.2 Å². The molecule has 146 valence electrons. The van der Waals surface area contributed by atoms with Gasteiger partial charge in [-0.15, -0.1) is 0 Å². The Hall–Kier alpha value is -3.41. The summed E-state index contributed by atoms with van der Waals surface area (Å²) in [6.07, 6.45) is 6.11. The molecule has 0 bridgehead atoms. The van der Waals surface area contributed by atoms with Crippen LogP contribution in [0.2, 0.25) is 0 Å².